The van der Waals surface area contributed by atoms with Gasteiger partial charge in [-0.1, -0.05) is 43.2 Å². The van der Waals surface area contributed by atoms with E-state index < -0.39 is 81.1 Å². The summed E-state index contributed by atoms with van der Waals surface area (Å²) in [7, 11) is -4.76. The van der Waals surface area contributed by atoms with Crippen LogP contribution >= 0.6 is 11.6 Å². The molecule has 2 aromatic heterocycles. The zero-order chi connectivity index (χ0) is 48.0. The van der Waals surface area contributed by atoms with Gasteiger partial charge in [-0.15, -0.1) is 0 Å². The Labute approximate surface area is 397 Å². The Balaban J connectivity index is 0.978. The lowest BCUT2D eigenvalue weighted by Crippen LogP contribution is -2.47. The number of nitro groups is 1. The summed E-state index contributed by atoms with van der Waals surface area (Å²) in [6.07, 6.45) is 3.04. The first-order chi connectivity index (χ1) is 32.3. The Morgan fingerprint density at radius 2 is 1.69 bits per heavy atom. The van der Waals surface area contributed by atoms with Crippen LogP contribution in [0.15, 0.2) is 89.5 Å². The molecule has 14 nitrogen and oxygen atoms in total. The van der Waals surface area contributed by atoms with Crippen LogP contribution in [0.25, 0.3) is 16.6 Å². The fraction of sp³-hybridized carbons (Fsp3) is 0.429. The lowest BCUT2D eigenvalue weighted by molar-refractivity contribution is -0.386. The van der Waals surface area contributed by atoms with Crippen LogP contribution in [-0.2, 0) is 10.0 Å². The summed E-state index contributed by atoms with van der Waals surface area (Å²) in [5.74, 6) is -4.10. The fourth-order valence-electron chi connectivity index (χ4n) is 9.63. The molecular weight excluding hydrogens is 923 g/mol. The van der Waals surface area contributed by atoms with Crippen molar-refractivity contribution in [3.8, 4) is 11.6 Å². The number of fused-ring (bicyclic) bond motifs is 2. The van der Waals surface area contributed by atoms with E-state index in [4.69, 9.17) is 26.1 Å². The molecule has 2 aliphatic carbocycles. The number of nitrogens with zero attached hydrogens (tertiary/aromatic N) is 5. The minimum absolute atomic E-state index is 0.0145. The number of anilines is 3. The average molecular weight is 977 g/mol. The van der Waals surface area contributed by atoms with Crippen LogP contribution in [0, 0.1) is 15.5 Å². The van der Waals surface area contributed by atoms with Crippen molar-refractivity contribution in [2.24, 2.45) is 5.41 Å². The molecule has 2 N–H and O–H groups in total. The van der Waals surface area contributed by atoms with Crippen molar-refractivity contribution in [2.45, 2.75) is 81.7 Å². The van der Waals surface area contributed by atoms with E-state index in [1.165, 1.54) is 16.7 Å². The number of hydrogen-bond donors (Lipinski definition) is 2. The second kappa shape index (κ2) is 18.6. The van der Waals surface area contributed by atoms with Crippen molar-refractivity contribution in [2.75, 3.05) is 62.3 Å². The number of H-pyrrole nitrogens is 1. The fourth-order valence-corrected chi connectivity index (χ4v) is 10.7. The Morgan fingerprint density at radius 3 is 2.43 bits per heavy atom. The van der Waals surface area contributed by atoms with Gasteiger partial charge in [0.15, 0.2) is 5.75 Å². The number of alkyl halides is 3. The highest BCUT2D eigenvalue weighted by Crippen LogP contribution is 2.45. The van der Waals surface area contributed by atoms with Crippen molar-refractivity contribution >= 4 is 66.9 Å². The van der Waals surface area contributed by atoms with Crippen LogP contribution in [0.4, 0.5) is 35.9 Å². The number of benzene rings is 3. The molecule has 4 aliphatic rings. The maximum Gasteiger partial charge on any atom is 0.312 e. The lowest BCUT2D eigenvalue weighted by atomic mass is 9.72. The van der Waals surface area contributed by atoms with E-state index in [2.05, 4.69) is 45.5 Å². The average Bonchev–Trinajstić information content (AvgIpc) is 3.67. The number of carbonyl (C=O) groups is 1. The maximum atomic E-state index is 15.4. The molecule has 0 bridgehead atoms. The number of sulfonamides is 1. The molecular formula is C49H53ClF3N7O7S. The highest BCUT2D eigenvalue weighted by Gasteiger charge is 2.45. The van der Waals surface area contributed by atoms with Crippen molar-refractivity contribution in [1.82, 2.24) is 19.6 Å². The third-order valence-electron chi connectivity index (χ3n) is 13.6. The van der Waals surface area contributed by atoms with Gasteiger partial charge < -0.3 is 24.3 Å². The van der Waals surface area contributed by atoms with Gasteiger partial charge in [-0.25, -0.2) is 26.3 Å². The Kier molecular flexibility index (Phi) is 12.9. The third-order valence-corrected chi connectivity index (χ3v) is 15.2. The number of ether oxygens (including phenoxy) is 2. The van der Waals surface area contributed by atoms with Gasteiger partial charge in [0, 0.05) is 80.5 Å². The predicted molar refractivity (Wildman–Crippen MR) is 255 cm³/mol. The van der Waals surface area contributed by atoms with Crippen molar-refractivity contribution in [3.63, 3.8) is 0 Å². The first-order valence-corrected chi connectivity index (χ1v) is 24.7. The molecule has 2 fully saturated rings. The monoisotopic (exact) mass is 975 g/mol. The summed E-state index contributed by atoms with van der Waals surface area (Å²) in [4.78, 5) is 39.4. The van der Waals surface area contributed by atoms with Gasteiger partial charge in [-0.3, -0.25) is 19.8 Å². The number of carbonyl (C=O) groups excluding carboxylic acids is 1. The van der Waals surface area contributed by atoms with Crippen molar-refractivity contribution in [3.05, 3.63) is 111 Å². The number of piperazine rings is 1. The van der Waals surface area contributed by atoms with Gasteiger partial charge in [0.25, 0.3) is 15.9 Å². The van der Waals surface area contributed by atoms with Gasteiger partial charge in [0.2, 0.25) is 11.8 Å². The molecule has 1 saturated heterocycles. The van der Waals surface area contributed by atoms with E-state index in [0.717, 1.165) is 68.2 Å². The summed E-state index contributed by atoms with van der Waals surface area (Å²) in [5, 5.41) is 13.7. The van der Waals surface area contributed by atoms with Gasteiger partial charge in [-0.2, -0.15) is 4.98 Å². The molecule has 9 rings (SSSR count). The van der Waals surface area contributed by atoms with E-state index in [-0.39, 0.29) is 11.0 Å². The molecule has 4 heterocycles. The van der Waals surface area contributed by atoms with E-state index in [1.807, 2.05) is 35.2 Å². The van der Waals surface area contributed by atoms with Crippen LogP contribution in [0.1, 0.15) is 81.1 Å². The van der Waals surface area contributed by atoms with Crippen LogP contribution < -0.4 is 24.0 Å². The number of nitrogens with one attached hydrogen (secondary N) is 2. The van der Waals surface area contributed by atoms with Crippen LogP contribution in [-0.4, -0.2) is 98.2 Å². The third kappa shape index (κ3) is 10.3. The van der Waals surface area contributed by atoms with E-state index >= 15 is 4.39 Å². The van der Waals surface area contributed by atoms with Gasteiger partial charge >= 0.3 is 5.69 Å². The van der Waals surface area contributed by atoms with Crippen LogP contribution in [0.5, 0.6) is 11.6 Å². The summed E-state index contributed by atoms with van der Waals surface area (Å²) in [6, 6.07) is 19.8. The Bertz CT molecular complexity index is 2880. The van der Waals surface area contributed by atoms with Crippen LogP contribution in [0.2, 0.25) is 5.02 Å². The lowest BCUT2D eigenvalue weighted by Gasteiger charge is -2.39. The van der Waals surface area contributed by atoms with Gasteiger partial charge in [-0.05, 0) is 110 Å². The van der Waals surface area contributed by atoms with Crippen molar-refractivity contribution < 1.29 is 40.8 Å². The number of aromatic amines is 1. The topological polar surface area (TPSA) is 163 Å². The SMILES string of the molecule is CC1(C)CCC(CN2CCN(c3ccc(C(=O)NS(=O)(=O)c4ccc(OCC5(F)CCC(F)(F)CC5)c([N+](=O)[O-])c4)c(N4CCCOc5nc6[nH]ccc6cc54)c3)CC2)=C(c2ccc(Cl)cc2)C1. The maximum absolute atomic E-state index is 15.4. The molecule has 2 aliphatic heterocycles. The predicted octanol–water partition coefficient (Wildman–Crippen LogP) is 10.2. The normalized spacial score (nSPS) is 19.5. The highest BCUT2D eigenvalue weighted by molar-refractivity contribution is 7.90. The first-order valence-electron chi connectivity index (χ1n) is 22.9. The number of halogens is 4. The van der Waals surface area contributed by atoms with Crippen molar-refractivity contribution in [1.29, 1.82) is 0 Å². The van der Waals surface area contributed by atoms with Gasteiger partial charge in [0.1, 0.15) is 23.6 Å². The standard InChI is InChI=1S/C49H53ClF3N7O7S/c1-47(2)14-12-34(39(29-47)32-4-6-35(50)7-5-32)30-57-21-23-58(24-22-57)36-8-10-38(40(27-36)59-20-3-25-66-46-42(59)26-33-13-19-54-44(33)55-46)45(61)56-68(64,65)37-9-11-43(41(28-37)60(62)63)67-31-48(51)15-17-49(52,53)18-16-48/h4-11,13,19,26-28H,3,12,14-18,20-25,29-31H2,1-2H3,(H,54,55)(H,56,61). The zero-order valence-electron chi connectivity index (χ0n) is 37.8. The minimum Gasteiger partial charge on any atom is -0.483 e. The summed E-state index contributed by atoms with van der Waals surface area (Å²) < 4.78 is 84.2. The van der Waals surface area contributed by atoms with E-state index in [0.29, 0.717) is 60.6 Å². The molecule has 19 heteroatoms. The Hall–Kier alpha value is -5.85. The smallest absolute Gasteiger partial charge is 0.312 e. The summed E-state index contributed by atoms with van der Waals surface area (Å²) in [6.45, 7) is 8.46. The molecule has 0 spiro atoms. The molecule has 0 radical (unpaired) electrons. The highest BCUT2D eigenvalue weighted by atomic mass is 35.5. The first kappa shape index (κ1) is 47.2. The quantitative estimate of drug-likeness (QED) is 0.0904. The number of hydrogen-bond acceptors (Lipinski definition) is 11. The number of allylic oxidation sites excluding steroid dienone is 1. The van der Waals surface area contributed by atoms with Crippen LogP contribution in [0.3, 0.4) is 0 Å². The Morgan fingerprint density at radius 1 is 0.941 bits per heavy atom. The molecule has 5 aromatic rings. The molecule has 360 valence electrons. The molecule has 0 atom stereocenters. The molecule has 1 amide bonds. The largest absolute Gasteiger partial charge is 0.483 e. The zero-order valence-corrected chi connectivity index (χ0v) is 39.4. The summed E-state index contributed by atoms with van der Waals surface area (Å²) in [5.41, 5.74) is 3.72. The second-order valence-electron chi connectivity index (χ2n) is 19.1. The number of amides is 1. The molecule has 3 aromatic carbocycles. The van der Waals surface area contributed by atoms with Gasteiger partial charge in [0.05, 0.1) is 27.7 Å². The molecule has 68 heavy (non-hydrogen) atoms. The molecule has 1 saturated carbocycles. The van der Waals surface area contributed by atoms with E-state index in [9.17, 15) is 32.1 Å². The number of aromatic nitrogens is 2. The number of pyridine rings is 1. The van der Waals surface area contributed by atoms with E-state index in [1.54, 1.807) is 18.3 Å². The number of rotatable bonds is 12. The summed E-state index contributed by atoms with van der Waals surface area (Å²) >= 11 is 6.26. The molecule has 0 unspecified atom stereocenters. The second-order valence-corrected chi connectivity index (χ2v) is 21.2. The minimum atomic E-state index is -4.76. The number of nitro benzene ring substituents is 1.